The number of hydrogen-bond acceptors (Lipinski definition) is 3. The summed E-state index contributed by atoms with van der Waals surface area (Å²) in [6, 6.07) is 4.96. The second kappa shape index (κ2) is 4.22. The number of rotatable bonds is 2. The first-order chi connectivity index (χ1) is 7.58. The topological polar surface area (TPSA) is 60.8 Å². The Labute approximate surface area is 98.1 Å². The zero-order chi connectivity index (χ0) is 11.7. The second-order valence-electron chi connectivity index (χ2n) is 3.91. The summed E-state index contributed by atoms with van der Waals surface area (Å²) in [5, 5.41) is 18.6. The molecule has 0 aliphatic carbocycles. The molecule has 1 aromatic rings. The van der Waals surface area contributed by atoms with Crippen LogP contribution in [-0.2, 0) is 4.79 Å². The van der Waals surface area contributed by atoms with Gasteiger partial charge >= 0.3 is 5.97 Å². The van der Waals surface area contributed by atoms with E-state index in [1.54, 1.807) is 18.2 Å². The Morgan fingerprint density at radius 2 is 2.25 bits per heavy atom. The van der Waals surface area contributed by atoms with Crippen LogP contribution in [-0.4, -0.2) is 29.3 Å². The van der Waals surface area contributed by atoms with E-state index in [0.717, 1.165) is 5.69 Å². The number of halogens is 1. The molecule has 16 heavy (non-hydrogen) atoms. The molecule has 0 bridgehead atoms. The van der Waals surface area contributed by atoms with Crippen molar-refractivity contribution < 1.29 is 15.0 Å². The SMILES string of the molecule is O=C(O)C1CCN(c2ccc(Cl)c(O)c2)C1. The molecule has 1 aliphatic heterocycles. The molecule has 1 unspecified atom stereocenters. The van der Waals surface area contributed by atoms with Gasteiger partial charge in [-0.05, 0) is 18.6 Å². The summed E-state index contributed by atoms with van der Waals surface area (Å²) in [4.78, 5) is 12.7. The van der Waals surface area contributed by atoms with Gasteiger partial charge in [0.1, 0.15) is 5.75 Å². The van der Waals surface area contributed by atoms with Crippen LogP contribution < -0.4 is 4.90 Å². The molecule has 1 saturated heterocycles. The number of phenolic OH excluding ortho intramolecular Hbond substituents is 1. The first-order valence-electron chi connectivity index (χ1n) is 5.04. The lowest BCUT2D eigenvalue weighted by molar-refractivity contribution is -0.140. The molecular weight excluding hydrogens is 230 g/mol. The minimum Gasteiger partial charge on any atom is -0.506 e. The number of aliphatic carboxylic acids is 1. The number of carboxylic acid groups (broad SMARTS) is 1. The molecule has 1 heterocycles. The molecule has 0 spiro atoms. The highest BCUT2D eigenvalue weighted by atomic mass is 35.5. The van der Waals surface area contributed by atoms with Gasteiger partial charge in [-0.15, -0.1) is 0 Å². The highest BCUT2D eigenvalue weighted by Crippen LogP contribution is 2.31. The largest absolute Gasteiger partial charge is 0.506 e. The molecule has 0 aromatic heterocycles. The Morgan fingerprint density at radius 1 is 1.50 bits per heavy atom. The van der Waals surface area contributed by atoms with Crippen LogP contribution in [0.15, 0.2) is 18.2 Å². The molecule has 1 atom stereocenters. The van der Waals surface area contributed by atoms with Crippen LogP contribution in [0, 0.1) is 5.92 Å². The molecule has 1 aliphatic rings. The molecule has 0 radical (unpaired) electrons. The molecule has 1 aromatic carbocycles. The highest BCUT2D eigenvalue weighted by molar-refractivity contribution is 6.32. The first kappa shape index (κ1) is 11.1. The molecule has 1 fully saturated rings. The molecule has 2 N–H and O–H groups in total. The summed E-state index contributed by atoms with van der Waals surface area (Å²) >= 11 is 5.70. The van der Waals surface area contributed by atoms with Crippen molar-refractivity contribution in [2.75, 3.05) is 18.0 Å². The molecule has 0 saturated carbocycles. The maximum atomic E-state index is 10.8. The molecule has 4 nitrogen and oxygen atoms in total. The van der Waals surface area contributed by atoms with Crippen LogP contribution in [0.25, 0.3) is 0 Å². The van der Waals surface area contributed by atoms with Gasteiger partial charge in [0.05, 0.1) is 10.9 Å². The number of phenols is 1. The van der Waals surface area contributed by atoms with E-state index < -0.39 is 5.97 Å². The number of carbonyl (C=O) groups is 1. The Hall–Kier alpha value is -1.42. The first-order valence-corrected chi connectivity index (χ1v) is 5.42. The van der Waals surface area contributed by atoms with E-state index in [4.69, 9.17) is 16.7 Å². The van der Waals surface area contributed by atoms with Crippen LogP contribution >= 0.6 is 11.6 Å². The van der Waals surface area contributed by atoms with Crippen molar-refractivity contribution in [3.63, 3.8) is 0 Å². The number of nitrogens with zero attached hydrogens (tertiary/aromatic N) is 1. The van der Waals surface area contributed by atoms with Crippen molar-refractivity contribution in [1.29, 1.82) is 0 Å². The van der Waals surface area contributed by atoms with E-state index in [-0.39, 0.29) is 11.7 Å². The normalized spacial score (nSPS) is 20.1. The number of anilines is 1. The van der Waals surface area contributed by atoms with E-state index in [9.17, 15) is 9.90 Å². The smallest absolute Gasteiger partial charge is 0.308 e. The van der Waals surface area contributed by atoms with E-state index in [1.807, 2.05) is 4.90 Å². The van der Waals surface area contributed by atoms with E-state index in [0.29, 0.717) is 24.5 Å². The van der Waals surface area contributed by atoms with Gasteiger partial charge in [0.2, 0.25) is 0 Å². The standard InChI is InChI=1S/C11H12ClNO3/c12-9-2-1-8(5-10(9)14)13-4-3-7(6-13)11(15)16/h1-2,5,7,14H,3-4,6H2,(H,15,16). The Bertz CT molecular complexity index is 422. The van der Waals surface area contributed by atoms with Gasteiger partial charge in [0, 0.05) is 24.8 Å². The molecule has 86 valence electrons. The van der Waals surface area contributed by atoms with Crippen LogP contribution in [0.5, 0.6) is 5.75 Å². The average molecular weight is 242 g/mol. The van der Waals surface area contributed by atoms with Gasteiger partial charge in [0.15, 0.2) is 0 Å². The van der Waals surface area contributed by atoms with Gasteiger partial charge in [0.25, 0.3) is 0 Å². The van der Waals surface area contributed by atoms with Crippen LogP contribution in [0.3, 0.4) is 0 Å². The lowest BCUT2D eigenvalue weighted by atomic mass is 10.1. The summed E-state index contributed by atoms with van der Waals surface area (Å²) in [5.41, 5.74) is 0.811. The second-order valence-corrected chi connectivity index (χ2v) is 4.31. The third kappa shape index (κ3) is 2.07. The fraction of sp³-hybridized carbons (Fsp3) is 0.364. The lowest BCUT2D eigenvalue weighted by Gasteiger charge is -2.18. The average Bonchev–Trinajstić information content (AvgIpc) is 2.71. The van der Waals surface area contributed by atoms with Gasteiger partial charge < -0.3 is 15.1 Å². The van der Waals surface area contributed by atoms with E-state index in [2.05, 4.69) is 0 Å². The lowest BCUT2D eigenvalue weighted by Crippen LogP contribution is -2.22. The minimum atomic E-state index is -0.763. The number of carboxylic acids is 1. The maximum Gasteiger partial charge on any atom is 0.308 e. The molecular formula is C11H12ClNO3. The predicted molar refractivity (Wildman–Crippen MR) is 61.1 cm³/mol. The predicted octanol–water partition coefficient (Wildman–Crippen LogP) is 1.96. The van der Waals surface area contributed by atoms with Crippen molar-refractivity contribution in [2.24, 2.45) is 5.92 Å². The quantitative estimate of drug-likeness (QED) is 0.831. The number of aromatic hydroxyl groups is 1. The van der Waals surface area contributed by atoms with Crippen LogP contribution in [0.4, 0.5) is 5.69 Å². The molecule has 2 rings (SSSR count). The highest BCUT2D eigenvalue weighted by Gasteiger charge is 2.28. The zero-order valence-electron chi connectivity index (χ0n) is 8.56. The van der Waals surface area contributed by atoms with Crippen LogP contribution in [0.2, 0.25) is 5.02 Å². The van der Waals surface area contributed by atoms with Crippen molar-refractivity contribution in [3.8, 4) is 5.75 Å². The summed E-state index contributed by atoms with van der Waals surface area (Å²) in [7, 11) is 0. The number of hydrogen-bond donors (Lipinski definition) is 2. The fourth-order valence-electron chi connectivity index (χ4n) is 1.89. The fourth-order valence-corrected chi connectivity index (χ4v) is 2.01. The third-order valence-electron chi connectivity index (χ3n) is 2.83. The van der Waals surface area contributed by atoms with Crippen molar-refractivity contribution in [1.82, 2.24) is 0 Å². The van der Waals surface area contributed by atoms with Crippen molar-refractivity contribution in [3.05, 3.63) is 23.2 Å². The Kier molecular flexibility index (Phi) is 2.92. The summed E-state index contributed by atoms with van der Waals surface area (Å²) in [5.74, 6) is -1.06. The third-order valence-corrected chi connectivity index (χ3v) is 3.15. The Morgan fingerprint density at radius 3 is 2.81 bits per heavy atom. The molecule has 0 amide bonds. The van der Waals surface area contributed by atoms with Crippen LogP contribution in [0.1, 0.15) is 6.42 Å². The summed E-state index contributed by atoms with van der Waals surface area (Å²) in [6.45, 7) is 1.18. The van der Waals surface area contributed by atoms with E-state index in [1.165, 1.54) is 0 Å². The molecule has 5 heteroatoms. The van der Waals surface area contributed by atoms with E-state index >= 15 is 0 Å². The Balaban J connectivity index is 2.14. The zero-order valence-corrected chi connectivity index (χ0v) is 9.31. The minimum absolute atomic E-state index is 0.0259. The number of benzene rings is 1. The monoisotopic (exact) mass is 241 g/mol. The van der Waals surface area contributed by atoms with Crippen molar-refractivity contribution in [2.45, 2.75) is 6.42 Å². The van der Waals surface area contributed by atoms with Crippen molar-refractivity contribution >= 4 is 23.3 Å². The summed E-state index contributed by atoms with van der Waals surface area (Å²) < 4.78 is 0. The van der Waals surface area contributed by atoms with Gasteiger partial charge in [-0.2, -0.15) is 0 Å². The summed E-state index contributed by atoms with van der Waals surface area (Å²) in [6.07, 6.45) is 0.638. The van der Waals surface area contributed by atoms with Gasteiger partial charge in [-0.1, -0.05) is 11.6 Å². The maximum absolute atomic E-state index is 10.8. The van der Waals surface area contributed by atoms with Gasteiger partial charge in [-0.25, -0.2) is 0 Å². The van der Waals surface area contributed by atoms with Gasteiger partial charge in [-0.3, -0.25) is 4.79 Å².